The molecule has 0 amide bonds. The topological polar surface area (TPSA) is 20.2 Å². The van der Waals surface area contributed by atoms with Crippen LogP contribution in [0.4, 0.5) is 0 Å². The van der Waals surface area contributed by atoms with E-state index >= 15 is 0 Å². The summed E-state index contributed by atoms with van der Waals surface area (Å²) in [6, 6.07) is 0. The van der Waals surface area contributed by atoms with Crippen molar-refractivity contribution in [2.45, 2.75) is 38.7 Å². The lowest BCUT2D eigenvalue weighted by atomic mass is 10.1. The average Bonchev–Trinajstić information content (AvgIpc) is 1.89. The van der Waals surface area contributed by atoms with Gasteiger partial charge >= 0.3 is 0 Å². The van der Waals surface area contributed by atoms with Crippen LogP contribution in [0.2, 0.25) is 0 Å². The zero-order valence-electron chi connectivity index (χ0n) is 6.01. The van der Waals surface area contributed by atoms with Gasteiger partial charge in [-0.3, -0.25) is 0 Å². The molecule has 0 spiro atoms. The van der Waals surface area contributed by atoms with E-state index in [-0.39, 0.29) is 6.10 Å². The fraction of sp³-hybridized carbons (Fsp3) is 1.00. The average molecular weight is 148 g/mol. The normalized spacial score (nSPS) is 13.7. The van der Waals surface area contributed by atoms with Crippen LogP contribution in [0.5, 0.6) is 0 Å². The third-order valence-electron chi connectivity index (χ3n) is 1.35. The summed E-state index contributed by atoms with van der Waals surface area (Å²) in [4.78, 5) is 0. The van der Waals surface area contributed by atoms with Gasteiger partial charge in [-0.05, 0) is 6.42 Å². The molecule has 0 saturated heterocycles. The molecule has 0 aromatic rings. The van der Waals surface area contributed by atoms with Crippen molar-refractivity contribution in [1.82, 2.24) is 0 Å². The van der Waals surface area contributed by atoms with E-state index in [4.69, 9.17) is 5.11 Å². The smallest absolute Gasteiger partial charge is 0.0628 e. The Bertz CT molecular complexity index is 56.9. The predicted octanol–water partition coefficient (Wildman–Crippen LogP) is 1.86. The van der Waals surface area contributed by atoms with E-state index < -0.39 is 0 Å². The molecule has 0 aromatic heterocycles. The summed E-state index contributed by atoms with van der Waals surface area (Å²) in [5.74, 6) is 0.601. The van der Waals surface area contributed by atoms with E-state index in [1.165, 1.54) is 12.8 Å². The Labute approximate surface area is 62.9 Å². The molecule has 56 valence electrons. The van der Waals surface area contributed by atoms with Crippen molar-refractivity contribution in [3.63, 3.8) is 0 Å². The lowest BCUT2D eigenvalue weighted by Gasteiger charge is -2.04. The first-order valence-corrected chi connectivity index (χ1v) is 4.23. The summed E-state index contributed by atoms with van der Waals surface area (Å²) >= 11 is 3.97. The highest BCUT2D eigenvalue weighted by molar-refractivity contribution is 7.80. The summed E-state index contributed by atoms with van der Waals surface area (Å²) in [6.07, 6.45) is 4.32. The monoisotopic (exact) mass is 148 g/mol. The molecule has 0 heterocycles. The first-order valence-electron chi connectivity index (χ1n) is 3.60. The van der Waals surface area contributed by atoms with E-state index in [1.54, 1.807) is 0 Å². The second kappa shape index (κ2) is 6.43. The number of hydrogen-bond donors (Lipinski definition) is 2. The summed E-state index contributed by atoms with van der Waals surface area (Å²) in [5.41, 5.74) is 0. The second-order valence-electron chi connectivity index (χ2n) is 2.33. The molecule has 1 nitrogen and oxygen atoms in total. The Morgan fingerprint density at radius 3 is 2.56 bits per heavy atom. The van der Waals surface area contributed by atoms with Crippen molar-refractivity contribution in [2.75, 3.05) is 5.75 Å². The quantitative estimate of drug-likeness (QED) is 0.450. The summed E-state index contributed by atoms with van der Waals surface area (Å²) in [7, 11) is 0. The number of thiol groups is 1. The molecule has 0 aromatic carbocycles. The van der Waals surface area contributed by atoms with Crippen LogP contribution in [0.3, 0.4) is 0 Å². The zero-order valence-corrected chi connectivity index (χ0v) is 6.90. The minimum absolute atomic E-state index is 0.181. The van der Waals surface area contributed by atoms with E-state index in [1.807, 2.05) is 0 Å². The Balaban J connectivity index is 2.88. The molecule has 0 bridgehead atoms. The van der Waals surface area contributed by atoms with Gasteiger partial charge in [0.05, 0.1) is 6.10 Å². The fourth-order valence-corrected chi connectivity index (χ4v) is 0.904. The standard InChI is InChI=1S/C7H16OS/c1-2-3-4-5-7(8)6-9/h7-9H,2-6H2,1H3/t7-/m1/s1. The van der Waals surface area contributed by atoms with Gasteiger partial charge in [0, 0.05) is 5.75 Å². The minimum Gasteiger partial charge on any atom is -0.392 e. The molecule has 0 saturated carbocycles. The molecular weight excluding hydrogens is 132 g/mol. The predicted molar refractivity (Wildman–Crippen MR) is 44.0 cm³/mol. The van der Waals surface area contributed by atoms with Crippen molar-refractivity contribution < 1.29 is 5.11 Å². The SMILES string of the molecule is CCCCC[C@@H](O)CS. The number of aliphatic hydroxyl groups is 1. The lowest BCUT2D eigenvalue weighted by molar-refractivity contribution is 0.185. The molecule has 1 N–H and O–H groups in total. The molecule has 0 radical (unpaired) electrons. The lowest BCUT2D eigenvalue weighted by Crippen LogP contribution is -2.07. The first-order chi connectivity index (χ1) is 4.31. The summed E-state index contributed by atoms with van der Waals surface area (Å²) in [5, 5.41) is 9.01. The highest BCUT2D eigenvalue weighted by atomic mass is 32.1. The number of hydrogen-bond acceptors (Lipinski definition) is 2. The van der Waals surface area contributed by atoms with Gasteiger partial charge in [0.15, 0.2) is 0 Å². The minimum atomic E-state index is -0.181. The third kappa shape index (κ3) is 6.19. The number of unbranched alkanes of at least 4 members (excludes halogenated alkanes) is 2. The second-order valence-corrected chi connectivity index (χ2v) is 2.70. The molecule has 0 fully saturated rings. The molecule has 0 aliphatic carbocycles. The van der Waals surface area contributed by atoms with E-state index in [9.17, 15) is 0 Å². The molecule has 0 rings (SSSR count). The van der Waals surface area contributed by atoms with Crippen LogP contribution in [0.25, 0.3) is 0 Å². The van der Waals surface area contributed by atoms with Gasteiger partial charge in [0.1, 0.15) is 0 Å². The van der Waals surface area contributed by atoms with Crippen molar-refractivity contribution in [2.24, 2.45) is 0 Å². The molecule has 0 unspecified atom stereocenters. The molecule has 0 aliphatic heterocycles. The van der Waals surface area contributed by atoms with Crippen LogP contribution in [0.1, 0.15) is 32.6 Å². The van der Waals surface area contributed by atoms with Gasteiger partial charge in [-0.25, -0.2) is 0 Å². The fourth-order valence-electron chi connectivity index (χ4n) is 0.721. The Morgan fingerprint density at radius 1 is 1.44 bits per heavy atom. The maximum atomic E-state index is 9.01. The van der Waals surface area contributed by atoms with Gasteiger partial charge in [0.2, 0.25) is 0 Å². The van der Waals surface area contributed by atoms with E-state index in [2.05, 4.69) is 19.6 Å². The van der Waals surface area contributed by atoms with Crippen LogP contribution in [0.15, 0.2) is 0 Å². The Morgan fingerprint density at radius 2 is 2.11 bits per heavy atom. The molecular formula is C7H16OS. The Kier molecular flexibility index (Phi) is 6.65. The van der Waals surface area contributed by atoms with Gasteiger partial charge in [-0.2, -0.15) is 12.6 Å². The molecule has 9 heavy (non-hydrogen) atoms. The maximum absolute atomic E-state index is 9.01. The third-order valence-corrected chi connectivity index (χ3v) is 1.77. The largest absolute Gasteiger partial charge is 0.392 e. The summed E-state index contributed by atoms with van der Waals surface area (Å²) < 4.78 is 0. The zero-order chi connectivity index (χ0) is 7.11. The van der Waals surface area contributed by atoms with Crippen LogP contribution < -0.4 is 0 Å². The maximum Gasteiger partial charge on any atom is 0.0628 e. The summed E-state index contributed by atoms with van der Waals surface area (Å²) in [6.45, 7) is 2.16. The molecule has 2 heteroatoms. The number of rotatable bonds is 5. The van der Waals surface area contributed by atoms with Gasteiger partial charge in [-0.15, -0.1) is 0 Å². The van der Waals surface area contributed by atoms with Crippen molar-refractivity contribution in [3.8, 4) is 0 Å². The number of aliphatic hydroxyl groups excluding tert-OH is 1. The van der Waals surface area contributed by atoms with Crippen molar-refractivity contribution in [1.29, 1.82) is 0 Å². The van der Waals surface area contributed by atoms with Gasteiger partial charge in [-0.1, -0.05) is 26.2 Å². The van der Waals surface area contributed by atoms with E-state index in [0.717, 1.165) is 12.8 Å². The van der Waals surface area contributed by atoms with E-state index in [0.29, 0.717) is 5.75 Å². The van der Waals surface area contributed by atoms with Crippen LogP contribution >= 0.6 is 12.6 Å². The van der Waals surface area contributed by atoms with Crippen LogP contribution in [0, 0.1) is 0 Å². The highest BCUT2D eigenvalue weighted by Gasteiger charge is 1.98. The molecule has 0 aliphatic rings. The molecule has 1 atom stereocenters. The Hall–Kier alpha value is 0.310. The van der Waals surface area contributed by atoms with Gasteiger partial charge in [0.25, 0.3) is 0 Å². The van der Waals surface area contributed by atoms with Crippen molar-refractivity contribution in [3.05, 3.63) is 0 Å². The van der Waals surface area contributed by atoms with Crippen molar-refractivity contribution >= 4 is 12.6 Å². The van der Waals surface area contributed by atoms with Crippen LogP contribution in [-0.4, -0.2) is 17.0 Å². The first kappa shape index (κ1) is 9.31. The van der Waals surface area contributed by atoms with Crippen LogP contribution in [-0.2, 0) is 0 Å². The van der Waals surface area contributed by atoms with Gasteiger partial charge < -0.3 is 5.11 Å². The highest BCUT2D eigenvalue weighted by Crippen LogP contribution is 2.03.